The summed E-state index contributed by atoms with van der Waals surface area (Å²) < 4.78 is 10.6. The molecule has 0 spiro atoms. The van der Waals surface area contributed by atoms with E-state index in [0.717, 1.165) is 19.3 Å². The molecule has 1 rings (SSSR count). The minimum absolute atomic E-state index is 0.423. The van der Waals surface area contributed by atoms with E-state index in [9.17, 15) is 15.3 Å². The highest BCUT2D eigenvalue weighted by Crippen LogP contribution is 2.22. The van der Waals surface area contributed by atoms with Gasteiger partial charge in [0.25, 0.3) is 0 Å². The zero-order valence-electron chi connectivity index (χ0n) is 11.4. The molecule has 0 aromatic carbocycles. The molecule has 5 atom stereocenters. The van der Waals surface area contributed by atoms with E-state index in [-0.39, 0.29) is 0 Å². The first-order valence-electron chi connectivity index (χ1n) is 7.04. The molecular weight excluding hydrogens is 252 g/mol. The van der Waals surface area contributed by atoms with Gasteiger partial charge >= 0.3 is 0 Å². The minimum atomic E-state index is -1.36. The van der Waals surface area contributed by atoms with Gasteiger partial charge in [-0.1, -0.05) is 32.6 Å². The quantitative estimate of drug-likeness (QED) is 0.458. The van der Waals surface area contributed by atoms with Crippen molar-refractivity contribution >= 4 is 0 Å². The van der Waals surface area contributed by atoms with Crippen molar-refractivity contribution < 1.29 is 29.9 Å². The lowest BCUT2D eigenvalue weighted by Gasteiger charge is -2.39. The monoisotopic (exact) mass is 278 g/mol. The number of hydrogen-bond donors (Lipinski definition) is 4. The van der Waals surface area contributed by atoms with Gasteiger partial charge in [0.05, 0.1) is 6.61 Å². The molecule has 1 fully saturated rings. The van der Waals surface area contributed by atoms with Gasteiger partial charge in [-0.05, 0) is 6.42 Å². The van der Waals surface area contributed by atoms with Gasteiger partial charge < -0.3 is 29.9 Å². The molecule has 0 aromatic heterocycles. The third-order valence-electron chi connectivity index (χ3n) is 3.38. The molecule has 1 aliphatic rings. The smallest absolute Gasteiger partial charge is 0.186 e. The average molecular weight is 278 g/mol. The SMILES string of the molecule is CCCCCCCO[C@H]1O[C@H](CO)[C@@H](O)[C@H](O)[C@H]1O. The van der Waals surface area contributed by atoms with Crippen LogP contribution in [-0.4, -0.2) is 64.3 Å². The van der Waals surface area contributed by atoms with Crippen molar-refractivity contribution in [1.29, 1.82) is 0 Å². The van der Waals surface area contributed by atoms with Crippen LogP contribution in [0.3, 0.4) is 0 Å². The first-order valence-corrected chi connectivity index (χ1v) is 7.04. The Balaban J connectivity index is 2.28. The molecule has 0 saturated carbocycles. The van der Waals surface area contributed by atoms with E-state index in [4.69, 9.17) is 14.6 Å². The molecule has 0 aliphatic carbocycles. The summed E-state index contributed by atoms with van der Waals surface area (Å²) in [6.45, 7) is 2.14. The van der Waals surface area contributed by atoms with Crippen molar-refractivity contribution in [3.63, 3.8) is 0 Å². The van der Waals surface area contributed by atoms with Crippen LogP contribution in [0.15, 0.2) is 0 Å². The Morgan fingerprint density at radius 3 is 2.26 bits per heavy atom. The number of unbranched alkanes of at least 4 members (excludes halogenated alkanes) is 4. The molecule has 0 bridgehead atoms. The Morgan fingerprint density at radius 1 is 0.947 bits per heavy atom. The van der Waals surface area contributed by atoms with Crippen LogP contribution < -0.4 is 0 Å². The van der Waals surface area contributed by atoms with E-state index in [2.05, 4.69) is 6.92 Å². The third kappa shape index (κ3) is 4.98. The van der Waals surface area contributed by atoms with E-state index in [1.807, 2.05) is 0 Å². The highest BCUT2D eigenvalue weighted by atomic mass is 16.7. The van der Waals surface area contributed by atoms with Gasteiger partial charge in [-0.25, -0.2) is 0 Å². The van der Waals surface area contributed by atoms with Crippen molar-refractivity contribution in [3.8, 4) is 0 Å². The summed E-state index contributed by atoms with van der Waals surface area (Å²) in [4.78, 5) is 0. The summed E-state index contributed by atoms with van der Waals surface area (Å²) >= 11 is 0. The molecule has 0 aromatic rings. The van der Waals surface area contributed by atoms with Crippen LogP contribution in [-0.2, 0) is 9.47 Å². The van der Waals surface area contributed by atoms with Gasteiger partial charge in [0.1, 0.15) is 24.4 Å². The fraction of sp³-hybridized carbons (Fsp3) is 1.00. The van der Waals surface area contributed by atoms with Gasteiger partial charge in [0.2, 0.25) is 0 Å². The van der Waals surface area contributed by atoms with Gasteiger partial charge in [0, 0.05) is 6.61 Å². The second-order valence-corrected chi connectivity index (χ2v) is 4.98. The first-order chi connectivity index (χ1) is 9.11. The Hall–Kier alpha value is -0.240. The largest absolute Gasteiger partial charge is 0.394 e. The van der Waals surface area contributed by atoms with Crippen LogP contribution in [0.5, 0.6) is 0 Å². The van der Waals surface area contributed by atoms with Gasteiger partial charge in [-0.3, -0.25) is 0 Å². The van der Waals surface area contributed by atoms with E-state index in [0.29, 0.717) is 6.61 Å². The second kappa shape index (κ2) is 8.84. The highest BCUT2D eigenvalue weighted by Gasteiger charge is 2.43. The maximum absolute atomic E-state index is 9.72. The topological polar surface area (TPSA) is 99.4 Å². The summed E-state index contributed by atoms with van der Waals surface area (Å²) in [6, 6.07) is 0. The fourth-order valence-corrected chi connectivity index (χ4v) is 2.11. The molecule has 114 valence electrons. The zero-order chi connectivity index (χ0) is 14.3. The molecule has 1 heterocycles. The lowest BCUT2D eigenvalue weighted by Crippen LogP contribution is -2.59. The van der Waals surface area contributed by atoms with E-state index in [1.54, 1.807) is 0 Å². The molecule has 1 aliphatic heterocycles. The van der Waals surface area contributed by atoms with Gasteiger partial charge in [-0.15, -0.1) is 0 Å². The van der Waals surface area contributed by atoms with Crippen LogP contribution in [0.2, 0.25) is 0 Å². The van der Waals surface area contributed by atoms with Crippen molar-refractivity contribution in [2.75, 3.05) is 13.2 Å². The van der Waals surface area contributed by atoms with E-state index in [1.165, 1.54) is 12.8 Å². The Morgan fingerprint density at radius 2 is 1.63 bits per heavy atom. The standard InChI is InChI=1S/C13H26O6/c1-2-3-4-5-6-7-18-13-12(17)11(16)10(15)9(8-14)19-13/h9-17H,2-8H2,1H3/t9-,10-,11+,12-,13+/m1/s1. The number of ether oxygens (including phenoxy) is 2. The molecule has 4 N–H and O–H groups in total. The normalized spacial score (nSPS) is 35.5. The summed E-state index contributed by atoms with van der Waals surface area (Å²) in [7, 11) is 0. The molecule has 6 nitrogen and oxygen atoms in total. The van der Waals surface area contributed by atoms with Crippen LogP contribution in [0.25, 0.3) is 0 Å². The van der Waals surface area contributed by atoms with Crippen molar-refractivity contribution in [2.45, 2.75) is 69.7 Å². The van der Waals surface area contributed by atoms with E-state index < -0.39 is 37.3 Å². The van der Waals surface area contributed by atoms with Crippen LogP contribution in [0.4, 0.5) is 0 Å². The van der Waals surface area contributed by atoms with Crippen LogP contribution >= 0.6 is 0 Å². The van der Waals surface area contributed by atoms with E-state index >= 15 is 0 Å². The number of rotatable bonds is 8. The lowest BCUT2D eigenvalue weighted by atomic mass is 9.99. The Kier molecular flexibility index (Phi) is 7.82. The summed E-state index contributed by atoms with van der Waals surface area (Å²) in [6.07, 6.45) is -0.471. The van der Waals surface area contributed by atoms with Crippen LogP contribution in [0, 0.1) is 0 Å². The fourth-order valence-electron chi connectivity index (χ4n) is 2.11. The predicted octanol–water partition coefficient (Wildman–Crippen LogP) is -0.227. The van der Waals surface area contributed by atoms with Crippen molar-refractivity contribution in [2.24, 2.45) is 0 Å². The molecule has 0 amide bonds. The number of aliphatic hydroxyl groups excluding tert-OH is 4. The van der Waals surface area contributed by atoms with Crippen molar-refractivity contribution in [3.05, 3.63) is 0 Å². The number of hydrogen-bond acceptors (Lipinski definition) is 6. The molecule has 0 unspecified atom stereocenters. The highest BCUT2D eigenvalue weighted by molar-refractivity contribution is 4.88. The molecule has 1 saturated heterocycles. The molecule has 6 heteroatoms. The predicted molar refractivity (Wildman–Crippen MR) is 68.5 cm³/mol. The van der Waals surface area contributed by atoms with Gasteiger partial charge in [0.15, 0.2) is 6.29 Å². The lowest BCUT2D eigenvalue weighted by molar-refractivity contribution is -0.301. The summed E-state index contributed by atoms with van der Waals surface area (Å²) in [5, 5.41) is 37.9. The maximum Gasteiger partial charge on any atom is 0.186 e. The first kappa shape index (κ1) is 16.8. The van der Waals surface area contributed by atoms with Crippen molar-refractivity contribution in [1.82, 2.24) is 0 Å². The molecule has 0 radical (unpaired) electrons. The zero-order valence-corrected chi connectivity index (χ0v) is 11.4. The van der Waals surface area contributed by atoms with Crippen LogP contribution in [0.1, 0.15) is 39.0 Å². The summed E-state index contributed by atoms with van der Waals surface area (Å²) in [5.74, 6) is 0. The summed E-state index contributed by atoms with van der Waals surface area (Å²) in [5.41, 5.74) is 0. The minimum Gasteiger partial charge on any atom is -0.394 e. The third-order valence-corrected chi connectivity index (χ3v) is 3.38. The second-order valence-electron chi connectivity index (χ2n) is 4.98. The number of aliphatic hydroxyl groups is 4. The van der Waals surface area contributed by atoms with Gasteiger partial charge in [-0.2, -0.15) is 0 Å². The Labute approximate surface area is 114 Å². The molecule has 19 heavy (non-hydrogen) atoms. The Bertz CT molecular complexity index is 235. The maximum atomic E-state index is 9.72. The molecular formula is C13H26O6. The average Bonchev–Trinajstić information content (AvgIpc) is 2.42.